The normalized spacial score (nSPS) is 12.3. The van der Waals surface area contributed by atoms with Gasteiger partial charge in [0.15, 0.2) is 0 Å². The fraction of sp³-hybridized carbons (Fsp3) is 0.600. The minimum absolute atomic E-state index is 0. The van der Waals surface area contributed by atoms with Crippen LogP contribution in [0.25, 0.3) is 0 Å². The SMILES string of the molecule is C.C.C.C.C.CN1CCc2ccccc2C1. The van der Waals surface area contributed by atoms with Crippen molar-refractivity contribution in [3.05, 3.63) is 35.4 Å². The van der Waals surface area contributed by atoms with Gasteiger partial charge in [0.05, 0.1) is 0 Å². The summed E-state index contributed by atoms with van der Waals surface area (Å²) in [7, 11) is 2.18. The highest BCUT2D eigenvalue weighted by Crippen LogP contribution is 2.16. The number of likely N-dealkylation sites (N-methyl/N-ethyl adjacent to an activating group) is 1. The molecular weight excluding hydrogens is 194 g/mol. The van der Waals surface area contributed by atoms with E-state index in [1.54, 1.807) is 0 Å². The van der Waals surface area contributed by atoms with Gasteiger partial charge in [0, 0.05) is 13.1 Å². The Labute approximate surface area is 104 Å². The van der Waals surface area contributed by atoms with Gasteiger partial charge in [-0.25, -0.2) is 0 Å². The van der Waals surface area contributed by atoms with Gasteiger partial charge < -0.3 is 4.90 Å². The van der Waals surface area contributed by atoms with Gasteiger partial charge in [-0.2, -0.15) is 0 Å². The van der Waals surface area contributed by atoms with Gasteiger partial charge >= 0.3 is 0 Å². The van der Waals surface area contributed by atoms with Crippen LogP contribution in [0.3, 0.4) is 0 Å². The Hall–Kier alpha value is -0.820. The second-order valence-corrected chi connectivity index (χ2v) is 3.26. The highest BCUT2D eigenvalue weighted by atomic mass is 15.1. The largest absolute Gasteiger partial charge is 0.302 e. The summed E-state index contributed by atoms with van der Waals surface area (Å²) in [5, 5.41) is 0. The van der Waals surface area contributed by atoms with Crippen molar-refractivity contribution >= 4 is 0 Å². The quantitative estimate of drug-likeness (QED) is 0.612. The van der Waals surface area contributed by atoms with Crippen LogP contribution in [0.15, 0.2) is 24.3 Å². The highest BCUT2D eigenvalue weighted by Gasteiger charge is 2.10. The van der Waals surface area contributed by atoms with Crippen LogP contribution >= 0.6 is 0 Å². The number of fused-ring (bicyclic) bond motifs is 1. The predicted molar refractivity (Wildman–Crippen MR) is 80.1 cm³/mol. The van der Waals surface area contributed by atoms with Crippen LogP contribution in [-0.2, 0) is 13.0 Å². The molecule has 1 aliphatic heterocycles. The number of rotatable bonds is 0. The monoisotopic (exact) mass is 227 g/mol. The van der Waals surface area contributed by atoms with E-state index in [0.717, 1.165) is 6.54 Å². The summed E-state index contributed by atoms with van der Waals surface area (Å²) in [6.07, 6.45) is 1.21. The Morgan fingerprint density at radius 2 is 1.38 bits per heavy atom. The minimum Gasteiger partial charge on any atom is -0.302 e. The predicted octanol–water partition coefficient (Wildman–Crippen LogP) is 4.86. The zero-order chi connectivity index (χ0) is 7.68. The average molecular weight is 227 g/mol. The van der Waals surface area contributed by atoms with Gasteiger partial charge in [0.1, 0.15) is 0 Å². The molecule has 0 spiro atoms. The molecule has 1 nitrogen and oxygen atoms in total. The van der Waals surface area contributed by atoms with E-state index in [4.69, 9.17) is 0 Å². The number of hydrogen-bond acceptors (Lipinski definition) is 1. The van der Waals surface area contributed by atoms with Gasteiger partial charge in [-0.15, -0.1) is 0 Å². The molecule has 0 unspecified atom stereocenters. The summed E-state index contributed by atoms with van der Waals surface area (Å²) in [5.74, 6) is 0. The molecule has 1 heterocycles. The van der Waals surface area contributed by atoms with Crippen LogP contribution in [0.5, 0.6) is 0 Å². The minimum atomic E-state index is 0. The Bertz CT molecular complexity index is 255. The van der Waals surface area contributed by atoms with E-state index < -0.39 is 0 Å². The van der Waals surface area contributed by atoms with Gasteiger partial charge in [0.2, 0.25) is 0 Å². The lowest BCUT2D eigenvalue weighted by molar-refractivity contribution is 0.313. The van der Waals surface area contributed by atoms with E-state index in [2.05, 4.69) is 36.2 Å². The lowest BCUT2D eigenvalue weighted by atomic mass is 10.0. The van der Waals surface area contributed by atoms with Crippen molar-refractivity contribution < 1.29 is 0 Å². The second kappa shape index (κ2) is 10.7. The van der Waals surface area contributed by atoms with Crippen molar-refractivity contribution in [1.29, 1.82) is 0 Å². The third kappa shape index (κ3) is 5.32. The summed E-state index contributed by atoms with van der Waals surface area (Å²) < 4.78 is 0. The molecule has 0 radical (unpaired) electrons. The summed E-state index contributed by atoms with van der Waals surface area (Å²) >= 11 is 0. The zero-order valence-corrected chi connectivity index (χ0v) is 6.88. The molecular formula is C15H33N. The molecule has 1 aromatic rings. The first-order valence-electron chi connectivity index (χ1n) is 4.11. The van der Waals surface area contributed by atoms with Gasteiger partial charge in [0.25, 0.3) is 0 Å². The van der Waals surface area contributed by atoms with Gasteiger partial charge in [-0.05, 0) is 24.6 Å². The van der Waals surface area contributed by atoms with Crippen LogP contribution < -0.4 is 0 Å². The Morgan fingerprint density at radius 3 is 1.94 bits per heavy atom. The molecule has 0 bridgehead atoms. The van der Waals surface area contributed by atoms with E-state index in [1.165, 1.54) is 24.1 Å². The first-order valence-corrected chi connectivity index (χ1v) is 4.11. The summed E-state index contributed by atoms with van der Waals surface area (Å²) in [6, 6.07) is 8.72. The van der Waals surface area contributed by atoms with Gasteiger partial charge in [-0.3, -0.25) is 0 Å². The van der Waals surface area contributed by atoms with Crippen molar-refractivity contribution in [2.45, 2.75) is 50.1 Å². The van der Waals surface area contributed by atoms with E-state index in [1.807, 2.05) is 0 Å². The van der Waals surface area contributed by atoms with Crippen molar-refractivity contribution in [3.63, 3.8) is 0 Å². The Kier molecular flexibility index (Phi) is 16.3. The van der Waals surface area contributed by atoms with Crippen LogP contribution in [0.2, 0.25) is 0 Å². The number of nitrogens with zero attached hydrogens (tertiary/aromatic N) is 1. The molecule has 0 atom stereocenters. The lowest BCUT2D eigenvalue weighted by Crippen LogP contribution is -2.26. The molecule has 1 aromatic carbocycles. The third-order valence-electron chi connectivity index (χ3n) is 2.32. The summed E-state index contributed by atoms with van der Waals surface area (Å²) in [4.78, 5) is 2.36. The molecule has 16 heavy (non-hydrogen) atoms. The smallest absolute Gasteiger partial charge is 0.0233 e. The molecule has 0 saturated heterocycles. The van der Waals surface area contributed by atoms with Crippen molar-refractivity contribution in [2.24, 2.45) is 0 Å². The zero-order valence-electron chi connectivity index (χ0n) is 6.88. The Balaban J connectivity index is -0.000000144. The van der Waals surface area contributed by atoms with Crippen LogP contribution in [-0.4, -0.2) is 18.5 Å². The first kappa shape index (κ1) is 24.4. The fourth-order valence-corrected chi connectivity index (χ4v) is 1.64. The average Bonchev–Trinajstić information content (AvgIpc) is 2.04. The molecule has 0 N–H and O–H groups in total. The summed E-state index contributed by atoms with van der Waals surface area (Å²) in [5.41, 5.74) is 3.03. The van der Waals surface area contributed by atoms with E-state index >= 15 is 0 Å². The standard InChI is InChI=1S/C10H13N.5CH4/c1-11-7-6-9-4-2-3-5-10(9)8-11;;;;;/h2-5H,6-8H2,1H3;5*1H4. The maximum Gasteiger partial charge on any atom is 0.0233 e. The molecule has 98 valence electrons. The number of benzene rings is 1. The van der Waals surface area contributed by atoms with Gasteiger partial charge in [-0.1, -0.05) is 61.4 Å². The molecule has 0 saturated carbocycles. The molecule has 0 amide bonds. The fourth-order valence-electron chi connectivity index (χ4n) is 1.64. The van der Waals surface area contributed by atoms with Crippen LogP contribution in [0.4, 0.5) is 0 Å². The van der Waals surface area contributed by atoms with Crippen molar-refractivity contribution in [2.75, 3.05) is 13.6 Å². The van der Waals surface area contributed by atoms with Crippen molar-refractivity contribution in [1.82, 2.24) is 4.90 Å². The molecule has 0 aliphatic carbocycles. The summed E-state index contributed by atoms with van der Waals surface area (Å²) in [6.45, 7) is 2.33. The maximum absolute atomic E-state index is 2.36. The highest BCUT2D eigenvalue weighted by molar-refractivity contribution is 5.28. The topological polar surface area (TPSA) is 3.24 Å². The molecule has 1 aliphatic rings. The van der Waals surface area contributed by atoms with Crippen LogP contribution in [0, 0.1) is 0 Å². The molecule has 0 fully saturated rings. The molecule has 2 rings (SSSR count). The third-order valence-corrected chi connectivity index (χ3v) is 2.32. The van der Waals surface area contributed by atoms with E-state index in [0.29, 0.717) is 0 Å². The lowest BCUT2D eigenvalue weighted by Gasteiger charge is -2.24. The maximum atomic E-state index is 2.36. The number of hydrogen-bond donors (Lipinski definition) is 0. The molecule has 1 heteroatoms. The van der Waals surface area contributed by atoms with Crippen LogP contribution in [0.1, 0.15) is 48.3 Å². The van der Waals surface area contributed by atoms with E-state index in [9.17, 15) is 0 Å². The van der Waals surface area contributed by atoms with Crippen molar-refractivity contribution in [3.8, 4) is 0 Å². The molecule has 0 aromatic heterocycles. The first-order chi connectivity index (χ1) is 5.36. The van der Waals surface area contributed by atoms with E-state index in [-0.39, 0.29) is 37.1 Å². The Morgan fingerprint density at radius 1 is 0.875 bits per heavy atom. The second-order valence-electron chi connectivity index (χ2n) is 3.26.